The summed E-state index contributed by atoms with van der Waals surface area (Å²) in [6.07, 6.45) is 4.68. The Hall–Kier alpha value is -2.03. The molecule has 2 aromatic heterocycles. The molecule has 2 saturated heterocycles. The number of nitrogens with zero attached hydrogens (tertiary/aromatic N) is 4. The van der Waals surface area contributed by atoms with Crippen molar-refractivity contribution in [2.45, 2.75) is 39.2 Å². The molecule has 2 aliphatic heterocycles. The van der Waals surface area contributed by atoms with Crippen LogP contribution < -0.4 is 5.32 Å². The molecule has 0 aliphatic carbocycles. The number of carbonyl (C=O) groups is 2. The Balaban J connectivity index is 1.20. The van der Waals surface area contributed by atoms with E-state index in [1.807, 2.05) is 11.8 Å². The Morgan fingerprint density at radius 2 is 1.84 bits per heavy atom. The van der Waals surface area contributed by atoms with Crippen LogP contribution in [0.15, 0.2) is 23.7 Å². The molecule has 9 heteroatoms. The number of carbonyl (C=O) groups excluding carboxylic acids is 2. The number of pyridine rings is 1. The van der Waals surface area contributed by atoms with E-state index in [4.69, 9.17) is 11.6 Å². The minimum Gasteiger partial charge on any atom is -0.342 e. The topological polar surface area (TPSA) is 78.4 Å². The lowest BCUT2D eigenvalue weighted by Gasteiger charge is -2.36. The van der Waals surface area contributed by atoms with Crippen LogP contribution in [-0.4, -0.2) is 57.8 Å². The maximum Gasteiger partial charge on any atom is 0.228 e. The Morgan fingerprint density at radius 1 is 1.13 bits per heavy atom. The number of hydrogen-bond acceptors (Lipinski definition) is 6. The van der Waals surface area contributed by atoms with Gasteiger partial charge in [0.25, 0.3) is 0 Å². The van der Waals surface area contributed by atoms with Crippen LogP contribution in [-0.2, 0) is 16.1 Å². The fourth-order valence-corrected chi connectivity index (χ4v) is 5.06. The number of likely N-dealkylation sites (tertiary alicyclic amines) is 2. The Labute approximate surface area is 191 Å². The van der Waals surface area contributed by atoms with Crippen molar-refractivity contribution in [1.82, 2.24) is 19.8 Å². The first-order valence-corrected chi connectivity index (χ1v) is 12.1. The Morgan fingerprint density at radius 3 is 2.45 bits per heavy atom. The highest BCUT2D eigenvalue weighted by molar-refractivity contribution is 7.09. The molecule has 0 saturated carbocycles. The molecule has 2 amide bonds. The zero-order valence-electron chi connectivity index (χ0n) is 17.7. The molecule has 2 aromatic rings. The molecule has 0 unspecified atom stereocenters. The Bertz CT molecular complexity index is 903. The summed E-state index contributed by atoms with van der Waals surface area (Å²) < 4.78 is 0. The minimum atomic E-state index is -0.0926. The second-order valence-electron chi connectivity index (χ2n) is 8.36. The minimum absolute atomic E-state index is 0.0347. The monoisotopic (exact) mass is 461 g/mol. The van der Waals surface area contributed by atoms with Crippen molar-refractivity contribution in [3.63, 3.8) is 0 Å². The van der Waals surface area contributed by atoms with E-state index in [9.17, 15) is 9.59 Å². The summed E-state index contributed by atoms with van der Waals surface area (Å²) in [5.74, 6) is 0.726. The summed E-state index contributed by atoms with van der Waals surface area (Å²) in [7, 11) is 0. The number of halogens is 1. The number of anilines is 1. The van der Waals surface area contributed by atoms with Crippen molar-refractivity contribution < 1.29 is 9.59 Å². The number of thiazole rings is 1. The number of hydrogen-bond donors (Lipinski definition) is 1. The zero-order valence-corrected chi connectivity index (χ0v) is 19.3. The van der Waals surface area contributed by atoms with Gasteiger partial charge in [-0.1, -0.05) is 11.6 Å². The van der Waals surface area contributed by atoms with Crippen molar-refractivity contribution in [3.8, 4) is 0 Å². The molecule has 4 rings (SSSR count). The largest absolute Gasteiger partial charge is 0.342 e. The van der Waals surface area contributed by atoms with Gasteiger partial charge in [0.15, 0.2) is 0 Å². The van der Waals surface area contributed by atoms with Gasteiger partial charge < -0.3 is 10.2 Å². The normalized spacial score (nSPS) is 18.8. The molecule has 0 aromatic carbocycles. The maximum atomic E-state index is 13.0. The molecule has 2 aliphatic rings. The molecular formula is C22H28ClN5O2S. The average Bonchev–Trinajstić information content (AvgIpc) is 3.20. The van der Waals surface area contributed by atoms with E-state index < -0.39 is 0 Å². The first-order valence-electron chi connectivity index (χ1n) is 10.8. The number of amides is 2. The van der Waals surface area contributed by atoms with Crippen LogP contribution in [0.1, 0.15) is 36.4 Å². The molecular weight excluding hydrogens is 434 g/mol. The molecule has 0 bridgehead atoms. The molecule has 1 N–H and O–H groups in total. The standard InChI is InChI=1S/C22H28ClN5O2S/c1-15-25-19(14-31-15)13-27-8-4-17(5-9-27)22(30)28-10-6-16(7-11-28)21(29)26-20-3-2-18(23)12-24-20/h2-3,12,14,16-17H,4-11,13H2,1H3,(H,24,26,29). The molecule has 2 fully saturated rings. The second-order valence-corrected chi connectivity index (χ2v) is 9.86. The van der Waals surface area contributed by atoms with Gasteiger partial charge in [-0.15, -0.1) is 11.3 Å². The van der Waals surface area contributed by atoms with E-state index in [2.05, 4.69) is 25.6 Å². The maximum absolute atomic E-state index is 13.0. The summed E-state index contributed by atoms with van der Waals surface area (Å²) >= 11 is 7.52. The molecule has 4 heterocycles. The Kier molecular flexibility index (Phi) is 7.20. The second kappa shape index (κ2) is 10.1. The number of aromatic nitrogens is 2. The van der Waals surface area contributed by atoms with Crippen LogP contribution in [0.25, 0.3) is 0 Å². The molecule has 0 radical (unpaired) electrons. The summed E-state index contributed by atoms with van der Waals surface area (Å²) in [6, 6.07) is 3.40. The highest BCUT2D eigenvalue weighted by Crippen LogP contribution is 2.25. The van der Waals surface area contributed by atoms with Crippen LogP contribution in [0.5, 0.6) is 0 Å². The summed E-state index contributed by atoms with van der Waals surface area (Å²) in [5, 5.41) is 6.61. The van der Waals surface area contributed by atoms with E-state index >= 15 is 0 Å². The van der Waals surface area contributed by atoms with Gasteiger partial charge in [-0.3, -0.25) is 14.5 Å². The highest BCUT2D eigenvalue weighted by Gasteiger charge is 2.32. The third-order valence-electron chi connectivity index (χ3n) is 6.15. The van der Waals surface area contributed by atoms with Crippen molar-refractivity contribution >= 4 is 40.6 Å². The van der Waals surface area contributed by atoms with Gasteiger partial charge in [0.05, 0.1) is 15.7 Å². The fraction of sp³-hybridized carbons (Fsp3) is 0.545. The van der Waals surface area contributed by atoms with E-state index in [-0.39, 0.29) is 23.7 Å². The van der Waals surface area contributed by atoms with Crippen LogP contribution in [0, 0.1) is 18.8 Å². The smallest absolute Gasteiger partial charge is 0.228 e. The number of nitrogens with one attached hydrogen (secondary N) is 1. The van der Waals surface area contributed by atoms with Gasteiger partial charge in [-0.2, -0.15) is 0 Å². The molecule has 0 spiro atoms. The number of piperidine rings is 2. The quantitative estimate of drug-likeness (QED) is 0.736. The van der Waals surface area contributed by atoms with Crippen LogP contribution in [0.2, 0.25) is 5.02 Å². The molecule has 7 nitrogen and oxygen atoms in total. The summed E-state index contributed by atoms with van der Waals surface area (Å²) in [4.78, 5) is 38.5. The van der Waals surface area contributed by atoms with Gasteiger partial charge in [-0.25, -0.2) is 9.97 Å². The van der Waals surface area contributed by atoms with Gasteiger partial charge in [0.2, 0.25) is 11.8 Å². The number of rotatable bonds is 5. The first kappa shape index (κ1) is 22.2. The summed E-state index contributed by atoms with van der Waals surface area (Å²) in [5.41, 5.74) is 1.13. The van der Waals surface area contributed by atoms with E-state index in [1.54, 1.807) is 23.5 Å². The third-order valence-corrected chi connectivity index (χ3v) is 7.19. The first-order chi connectivity index (χ1) is 15.0. The van der Waals surface area contributed by atoms with Crippen LogP contribution in [0.3, 0.4) is 0 Å². The van der Waals surface area contributed by atoms with Gasteiger partial charge in [-0.05, 0) is 57.8 Å². The van der Waals surface area contributed by atoms with Crippen molar-refractivity contribution in [3.05, 3.63) is 39.4 Å². The lowest BCUT2D eigenvalue weighted by atomic mass is 9.91. The van der Waals surface area contributed by atoms with E-state index in [0.717, 1.165) is 43.2 Å². The van der Waals surface area contributed by atoms with Crippen molar-refractivity contribution in [1.29, 1.82) is 0 Å². The fourth-order valence-electron chi connectivity index (χ4n) is 4.35. The predicted octanol–water partition coefficient (Wildman–Crippen LogP) is 3.59. The zero-order chi connectivity index (χ0) is 21.8. The lowest BCUT2D eigenvalue weighted by molar-refractivity contribution is -0.139. The molecule has 166 valence electrons. The van der Waals surface area contributed by atoms with E-state index in [0.29, 0.717) is 36.8 Å². The van der Waals surface area contributed by atoms with Gasteiger partial charge in [0.1, 0.15) is 5.82 Å². The molecule has 0 atom stereocenters. The highest BCUT2D eigenvalue weighted by atomic mass is 35.5. The predicted molar refractivity (Wildman–Crippen MR) is 122 cm³/mol. The lowest BCUT2D eigenvalue weighted by Crippen LogP contribution is -2.46. The van der Waals surface area contributed by atoms with Crippen LogP contribution >= 0.6 is 22.9 Å². The number of aryl methyl sites for hydroxylation is 1. The van der Waals surface area contributed by atoms with E-state index in [1.165, 1.54) is 6.20 Å². The SMILES string of the molecule is Cc1nc(CN2CCC(C(=O)N3CCC(C(=O)Nc4ccc(Cl)cn4)CC3)CC2)cs1. The van der Waals surface area contributed by atoms with Gasteiger partial charge in [0, 0.05) is 43.0 Å². The average molecular weight is 462 g/mol. The summed E-state index contributed by atoms with van der Waals surface area (Å²) in [6.45, 7) is 6.04. The third kappa shape index (κ3) is 5.81. The molecule has 31 heavy (non-hydrogen) atoms. The van der Waals surface area contributed by atoms with Crippen LogP contribution in [0.4, 0.5) is 5.82 Å². The van der Waals surface area contributed by atoms with Crippen molar-refractivity contribution in [2.75, 3.05) is 31.5 Å². The van der Waals surface area contributed by atoms with Crippen molar-refractivity contribution in [2.24, 2.45) is 11.8 Å². The van der Waals surface area contributed by atoms with Gasteiger partial charge >= 0.3 is 0 Å².